The molecule has 0 fully saturated rings. The van der Waals surface area contributed by atoms with Gasteiger partial charge in [-0.3, -0.25) is 19.2 Å². The molecule has 4 amide bonds. The molecule has 1 atom stereocenters. The van der Waals surface area contributed by atoms with Crippen LogP contribution in [0.25, 0.3) is 0 Å². The van der Waals surface area contributed by atoms with Gasteiger partial charge in [0.2, 0.25) is 11.8 Å². The van der Waals surface area contributed by atoms with Gasteiger partial charge < -0.3 is 26.8 Å². The van der Waals surface area contributed by atoms with Crippen molar-refractivity contribution in [2.24, 2.45) is 5.73 Å². The number of carbonyl (C=O) groups excluding carboxylic acids is 4. The Balaban J connectivity index is 1.53. The van der Waals surface area contributed by atoms with Crippen LogP contribution in [0, 0.1) is 0 Å². The summed E-state index contributed by atoms with van der Waals surface area (Å²) in [6.45, 7) is -0.236. The molecule has 0 unspecified atom stereocenters. The van der Waals surface area contributed by atoms with E-state index < -0.39 is 23.8 Å². The number of nitrogens with one attached hydrogen (secondary N) is 3. The Labute approximate surface area is 170 Å². The van der Waals surface area contributed by atoms with Crippen LogP contribution in [0.2, 0.25) is 0 Å². The van der Waals surface area contributed by atoms with E-state index in [9.17, 15) is 24.3 Å². The Morgan fingerprint density at radius 3 is 2.41 bits per heavy atom. The van der Waals surface area contributed by atoms with Gasteiger partial charge in [-0.2, -0.15) is 11.3 Å². The maximum Gasteiger partial charge on any atom is 0.253 e. The Morgan fingerprint density at radius 2 is 1.72 bits per heavy atom. The number of amides is 4. The van der Waals surface area contributed by atoms with Crippen molar-refractivity contribution in [3.63, 3.8) is 0 Å². The number of carbonyl (C=O) groups is 4. The number of fused-ring (bicyclic) bond motifs is 1. The third-order valence-electron chi connectivity index (χ3n) is 4.45. The highest BCUT2D eigenvalue weighted by molar-refractivity contribution is 7.08. The Morgan fingerprint density at radius 1 is 1.07 bits per heavy atom. The van der Waals surface area contributed by atoms with Crippen LogP contribution in [-0.2, 0) is 11.2 Å². The number of aryl methyl sites for hydroxylation is 1. The predicted molar refractivity (Wildman–Crippen MR) is 107 cm³/mol. The van der Waals surface area contributed by atoms with Gasteiger partial charge in [0.25, 0.3) is 11.8 Å². The zero-order valence-electron chi connectivity index (χ0n) is 15.4. The van der Waals surface area contributed by atoms with Gasteiger partial charge in [0, 0.05) is 30.3 Å². The third kappa shape index (κ3) is 4.79. The molecule has 1 aromatic carbocycles. The van der Waals surface area contributed by atoms with Crippen LogP contribution < -0.4 is 21.7 Å². The highest BCUT2D eigenvalue weighted by Crippen LogP contribution is 2.26. The lowest BCUT2D eigenvalue weighted by Gasteiger charge is -2.20. The quantitative estimate of drug-likeness (QED) is 0.438. The van der Waals surface area contributed by atoms with E-state index in [4.69, 9.17) is 5.73 Å². The van der Waals surface area contributed by atoms with Crippen LogP contribution in [0.5, 0.6) is 0 Å². The van der Waals surface area contributed by atoms with Crippen molar-refractivity contribution in [3.8, 4) is 0 Å². The molecule has 0 radical (unpaired) electrons. The summed E-state index contributed by atoms with van der Waals surface area (Å²) in [5.41, 5.74) is 7.15. The van der Waals surface area contributed by atoms with Crippen LogP contribution in [0.15, 0.2) is 29.0 Å². The van der Waals surface area contributed by atoms with Gasteiger partial charge in [-0.25, -0.2) is 0 Å². The maximum absolute atomic E-state index is 12.5. The molecule has 6 N–H and O–H groups in total. The summed E-state index contributed by atoms with van der Waals surface area (Å²) in [6, 6.07) is 5.18. The normalized spacial score (nSPS) is 13.8. The lowest BCUT2D eigenvalue weighted by atomic mass is 9.98. The van der Waals surface area contributed by atoms with Crippen LogP contribution >= 0.6 is 11.3 Å². The first-order valence-electron chi connectivity index (χ1n) is 8.89. The fourth-order valence-electron chi connectivity index (χ4n) is 2.94. The molecule has 0 saturated carbocycles. The molecule has 0 aliphatic carbocycles. The summed E-state index contributed by atoms with van der Waals surface area (Å²) in [4.78, 5) is 47.5. The Kier molecular flexibility index (Phi) is 6.25. The molecule has 0 saturated heterocycles. The van der Waals surface area contributed by atoms with E-state index in [-0.39, 0.29) is 30.1 Å². The van der Waals surface area contributed by atoms with Crippen molar-refractivity contribution in [2.45, 2.75) is 18.9 Å². The van der Waals surface area contributed by atoms with Crippen molar-refractivity contribution < 1.29 is 24.3 Å². The summed E-state index contributed by atoms with van der Waals surface area (Å²) >= 11 is 1.17. The number of primary amides is 1. The molecule has 9 nitrogen and oxygen atoms in total. The second kappa shape index (κ2) is 8.84. The van der Waals surface area contributed by atoms with Crippen LogP contribution in [0.3, 0.4) is 0 Å². The number of aliphatic hydroxyl groups excluding tert-OH is 1. The summed E-state index contributed by atoms with van der Waals surface area (Å²) in [6.07, 6.45) is -0.113. The zero-order chi connectivity index (χ0) is 21.0. The van der Waals surface area contributed by atoms with E-state index in [2.05, 4.69) is 16.0 Å². The smallest absolute Gasteiger partial charge is 0.253 e. The molecule has 0 spiro atoms. The first-order chi connectivity index (χ1) is 13.9. The molecular formula is C19H20N4O5S. The maximum atomic E-state index is 12.5. The average molecular weight is 416 g/mol. The summed E-state index contributed by atoms with van der Waals surface area (Å²) < 4.78 is 0. The summed E-state index contributed by atoms with van der Waals surface area (Å²) in [5, 5.41) is 20.8. The van der Waals surface area contributed by atoms with E-state index in [0.717, 1.165) is 5.56 Å². The molecule has 1 aromatic heterocycles. The highest BCUT2D eigenvalue weighted by Gasteiger charge is 2.22. The van der Waals surface area contributed by atoms with Gasteiger partial charge in [-0.15, -0.1) is 0 Å². The Hall–Kier alpha value is -3.24. The molecular weight excluding hydrogens is 396 g/mol. The fraction of sp³-hybridized carbons (Fsp3) is 0.263. The first kappa shape index (κ1) is 20.5. The molecule has 2 aromatic rings. The molecule has 152 valence electrons. The largest absolute Gasteiger partial charge is 0.389 e. The highest BCUT2D eigenvalue weighted by atomic mass is 32.1. The van der Waals surface area contributed by atoms with Gasteiger partial charge in [-0.1, -0.05) is 12.1 Å². The van der Waals surface area contributed by atoms with Crippen molar-refractivity contribution in [2.75, 3.05) is 18.4 Å². The van der Waals surface area contributed by atoms with Crippen LogP contribution in [-0.4, -0.2) is 47.9 Å². The monoisotopic (exact) mass is 416 g/mol. The molecule has 0 bridgehead atoms. The van der Waals surface area contributed by atoms with E-state index in [0.29, 0.717) is 24.1 Å². The third-order valence-corrected chi connectivity index (χ3v) is 5.19. The molecule has 1 aliphatic rings. The number of para-hydroxylation sites is 1. The van der Waals surface area contributed by atoms with E-state index in [1.165, 1.54) is 22.1 Å². The lowest BCUT2D eigenvalue weighted by molar-refractivity contribution is -0.116. The van der Waals surface area contributed by atoms with E-state index >= 15 is 0 Å². The molecule has 3 rings (SSSR count). The SMILES string of the molecule is NC(=O)c1cscc1C(=O)NC[C@H](O)CNC(=O)c1cccc2c1NC(=O)CC2. The van der Waals surface area contributed by atoms with Gasteiger partial charge >= 0.3 is 0 Å². The second-order valence-electron chi connectivity index (χ2n) is 6.53. The van der Waals surface area contributed by atoms with Gasteiger partial charge in [0.15, 0.2) is 0 Å². The first-order valence-corrected chi connectivity index (χ1v) is 9.83. The standard InChI is InChI=1S/C19H20N4O5S/c20-17(26)13-8-29-9-14(13)19(28)22-7-11(24)6-21-18(27)12-3-1-2-10-4-5-15(25)23-16(10)12/h1-3,8-9,11,24H,4-7H2,(H2,20,26)(H,21,27)(H,22,28)(H,23,25)/t11-/m1/s1. The van der Waals surface area contributed by atoms with Crippen molar-refractivity contribution in [1.29, 1.82) is 0 Å². The number of benzene rings is 1. The van der Waals surface area contributed by atoms with Crippen LogP contribution in [0.1, 0.15) is 43.1 Å². The summed E-state index contributed by atoms with van der Waals surface area (Å²) in [7, 11) is 0. The second-order valence-corrected chi connectivity index (χ2v) is 7.27. The van der Waals surface area contributed by atoms with E-state index in [1.807, 2.05) is 6.07 Å². The van der Waals surface area contributed by atoms with Gasteiger partial charge in [0.05, 0.1) is 28.5 Å². The number of hydrogen-bond acceptors (Lipinski definition) is 6. The number of thiophene rings is 1. The topological polar surface area (TPSA) is 151 Å². The van der Waals surface area contributed by atoms with Crippen molar-refractivity contribution >= 4 is 40.7 Å². The van der Waals surface area contributed by atoms with E-state index in [1.54, 1.807) is 12.1 Å². The van der Waals surface area contributed by atoms with Gasteiger partial charge in [-0.05, 0) is 18.1 Å². The molecule has 10 heteroatoms. The minimum atomic E-state index is -1.05. The fourth-order valence-corrected chi connectivity index (χ4v) is 3.76. The Bertz CT molecular complexity index is 971. The minimum Gasteiger partial charge on any atom is -0.389 e. The number of hydrogen-bond donors (Lipinski definition) is 5. The van der Waals surface area contributed by atoms with Crippen LogP contribution in [0.4, 0.5) is 5.69 Å². The molecule has 2 heterocycles. The number of rotatable bonds is 7. The van der Waals surface area contributed by atoms with Gasteiger partial charge in [0.1, 0.15) is 0 Å². The zero-order valence-corrected chi connectivity index (χ0v) is 16.2. The minimum absolute atomic E-state index is 0.108. The number of anilines is 1. The molecule has 1 aliphatic heterocycles. The predicted octanol–water partition coefficient (Wildman–Crippen LogP) is 0.252. The van der Waals surface area contributed by atoms with Crippen molar-refractivity contribution in [1.82, 2.24) is 10.6 Å². The van der Waals surface area contributed by atoms with Crippen molar-refractivity contribution in [3.05, 3.63) is 51.2 Å². The molecule has 29 heavy (non-hydrogen) atoms. The summed E-state index contributed by atoms with van der Waals surface area (Å²) in [5.74, 6) is -1.83. The number of aliphatic hydroxyl groups is 1. The number of nitrogens with two attached hydrogens (primary N) is 1. The average Bonchev–Trinajstić information content (AvgIpc) is 3.20. The lowest BCUT2D eigenvalue weighted by Crippen LogP contribution is -2.40.